The Morgan fingerprint density at radius 1 is 1.19 bits per heavy atom. The zero-order valence-electron chi connectivity index (χ0n) is 12.1. The number of benzene rings is 2. The molecule has 0 fully saturated rings. The molecule has 0 aromatic heterocycles. The topological polar surface area (TPSA) is 44.5 Å². The van der Waals surface area contributed by atoms with Crippen LogP contribution in [0.2, 0.25) is 0 Å². The summed E-state index contributed by atoms with van der Waals surface area (Å²) in [5, 5.41) is 0. The van der Waals surface area contributed by atoms with E-state index in [1.807, 2.05) is 24.3 Å². The van der Waals surface area contributed by atoms with Crippen LogP contribution in [-0.2, 0) is 0 Å². The Hall–Kier alpha value is -1.52. The number of fused-ring (bicyclic) bond motifs is 1. The van der Waals surface area contributed by atoms with Crippen molar-refractivity contribution in [1.82, 2.24) is 0 Å². The van der Waals surface area contributed by atoms with Crippen LogP contribution < -0.4 is 15.2 Å². The molecule has 0 saturated heterocycles. The third-order valence-corrected chi connectivity index (χ3v) is 4.57. The van der Waals surface area contributed by atoms with Gasteiger partial charge in [-0.1, -0.05) is 33.6 Å². The lowest BCUT2D eigenvalue weighted by molar-refractivity contribution is 0.160. The maximum absolute atomic E-state index is 6.34. The number of nitrogens with two attached hydrogens (primary N) is 1. The predicted octanol–water partition coefficient (Wildman–Crippen LogP) is 4.29. The summed E-state index contributed by atoms with van der Waals surface area (Å²) >= 11 is 3.59. The molecule has 2 unspecified atom stereocenters. The standard InChI is InChI=1S/C17H18BrNO2/c1-10-3-6-16-13(7-10)15(19)9-17(21-16)12-8-11(20-2)4-5-14(12)18/h3-8,15,17H,9,19H2,1-2H3. The molecule has 2 aromatic carbocycles. The number of ether oxygens (including phenoxy) is 2. The molecule has 2 N–H and O–H groups in total. The molecule has 0 amide bonds. The van der Waals surface area contributed by atoms with E-state index in [0.29, 0.717) is 0 Å². The number of hydrogen-bond acceptors (Lipinski definition) is 3. The molecule has 1 aliphatic heterocycles. The van der Waals surface area contributed by atoms with Gasteiger partial charge in [-0.3, -0.25) is 0 Å². The highest BCUT2D eigenvalue weighted by Gasteiger charge is 2.28. The van der Waals surface area contributed by atoms with Gasteiger partial charge in [-0.25, -0.2) is 0 Å². The molecule has 0 saturated carbocycles. The summed E-state index contributed by atoms with van der Waals surface area (Å²) in [6, 6.07) is 12.1. The number of methoxy groups -OCH3 is 1. The van der Waals surface area contributed by atoms with Gasteiger partial charge >= 0.3 is 0 Å². The van der Waals surface area contributed by atoms with Gasteiger partial charge in [0.25, 0.3) is 0 Å². The molecule has 3 rings (SSSR count). The molecule has 21 heavy (non-hydrogen) atoms. The van der Waals surface area contributed by atoms with Crippen LogP contribution >= 0.6 is 15.9 Å². The normalized spacial score (nSPS) is 20.6. The smallest absolute Gasteiger partial charge is 0.127 e. The minimum absolute atomic E-state index is 0.0169. The van der Waals surface area contributed by atoms with E-state index in [4.69, 9.17) is 15.2 Å². The molecular formula is C17H18BrNO2. The number of rotatable bonds is 2. The largest absolute Gasteiger partial charge is 0.497 e. The second-order valence-electron chi connectivity index (χ2n) is 5.38. The van der Waals surface area contributed by atoms with Crippen LogP contribution in [0.1, 0.15) is 35.3 Å². The van der Waals surface area contributed by atoms with Crippen molar-refractivity contribution in [3.8, 4) is 11.5 Å². The Morgan fingerprint density at radius 2 is 2.00 bits per heavy atom. The van der Waals surface area contributed by atoms with E-state index in [2.05, 4.69) is 35.0 Å². The first-order chi connectivity index (χ1) is 10.1. The monoisotopic (exact) mass is 347 g/mol. The van der Waals surface area contributed by atoms with Gasteiger partial charge in [0.05, 0.1) is 7.11 Å². The van der Waals surface area contributed by atoms with E-state index < -0.39 is 0 Å². The summed E-state index contributed by atoms with van der Waals surface area (Å²) in [4.78, 5) is 0. The van der Waals surface area contributed by atoms with E-state index in [0.717, 1.165) is 33.5 Å². The van der Waals surface area contributed by atoms with E-state index >= 15 is 0 Å². The van der Waals surface area contributed by atoms with Crippen LogP contribution in [0.15, 0.2) is 40.9 Å². The van der Waals surface area contributed by atoms with E-state index in [1.54, 1.807) is 7.11 Å². The Labute approximate surface area is 133 Å². The van der Waals surface area contributed by atoms with E-state index in [1.165, 1.54) is 5.56 Å². The van der Waals surface area contributed by atoms with Gasteiger partial charge in [0.2, 0.25) is 0 Å². The van der Waals surface area contributed by atoms with Gasteiger partial charge in [0.15, 0.2) is 0 Å². The van der Waals surface area contributed by atoms with Gasteiger partial charge < -0.3 is 15.2 Å². The zero-order valence-corrected chi connectivity index (χ0v) is 13.7. The van der Waals surface area contributed by atoms with Crippen molar-refractivity contribution in [2.45, 2.75) is 25.5 Å². The summed E-state index contributed by atoms with van der Waals surface area (Å²) < 4.78 is 12.5. The molecular weight excluding hydrogens is 330 g/mol. The summed E-state index contributed by atoms with van der Waals surface area (Å²) in [5.41, 5.74) is 9.69. The highest BCUT2D eigenvalue weighted by atomic mass is 79.9. The molecule has 0 bridgehead atoms. The second-order valence-corrected chi connectivity index (χ2v) is 6.23. The Balaban J connectivity index is 1.97. The minimum atomic E-state index is -0.0697. The first-order valence-corrected chi connectivity index (χ1v) is 7.74. The second kappa shape index (κ2) is 5.70. The van der Waals surface area contributed by atoms with Crippen molar-refractivity contribution >= 4 is 15.9 Å². The molecule has 1 aliphatic rings. The van der Waals surface area contributed by atoms with Crippen LogP contribution in [0.3, 0.4) is 0 Å². The van der Waals surface area contributed by atoms with Crippen LogP contribution in [0, 0.1) is 6.92 Å². The summed E-state index contributed by atoms with van der Waals surface area (Å²) in [6.45, 7) is 2.07. The molecule has 2 atom stereocenters. The number of hydrogen-bond donors (Lipinski definition) is 1. The zero-order chi connectivity index (χ0) is 15.0. The third-order valence-electron chi connectivity index (χ3n) is 3.85. The molecule has 3 nitrogen and oxygen atoms in total. The maximum Gasteiger partial charge on any atom is 0.127 e. The minimum Gasteiger partial charge on any atom is -0.497 e. The van der Waals surface area contributed by atoms with Gasteiger partial charge in [-0.2, -0.15) is 0 Å². The fourth-order valence-electron chi connectivity index (χ4n) is 2.71. The molecule has 0 radical (unpaired) electrons. The SMILES string of the molecule is COc1ccc(Br)c(C2CC(N)c3cc(C)ccc3O2)c1. The van der Waals surface area contributed by atoms with Gasteiger partial charge in [-0.15, -0.1) is 0 Å². The van der Waals surface area contributed by atoms with Crippen molar-refractivity contribution in [3.63, 3.8) is 0 Å². The molecule has 2 aromatic rings. The lowest BCUT2D eigenvalue weighted by Gasteiger charge is -2.31. The quantitative estimate of drug-likeness (QED) is 0.881. The van der Waals surface area contributed by atoms with Crippen molar-refractivity contribution in [2.75, 3.05) is 7.11 Å². The predicted molar refractivity (Wildman–Crippen MR) is 86.8 cm³/mol. The Morgan fingerprint density at radius 3 is 2.76 bits per heavy atom. The lowest BCUT2D eigenvalue weighted by Crippen LogP contribution is -2.24. The summed E-state index contributed by atoms with van der Waals surface area (Å²) in [5.74, 6) is 1.69. The third kappa shape index (κ3) is 2.78. The maximum atomic E-state index is 6.34. The summed E-state index contributed by atoms with van der Waals surface area (Å²) in [7, 11) is 1.67. The van der Waals surface area contributed by atoms with Crippen molar-refractivity contribution in [3.05, 3.63) is 57.6 Å². The van der Waals surface area contributed by atoms with Crippen LogP contribution in [-0.4, -0.2) is 7.11 Å². The highest BCUT2D eigenvalue weighted by Crippen LogP contribution is 2.42. The lowest BCUT2D eigenvalue weighted by atomic mass is 9.92. The van der Waals surface area contributed by atoms with Crippen molar-refractivity contribution in [1.29, 1.82) is 0 Å². The van der Waals surface area contributed by atoms with Gasteiger partial charge in [0.1, 0.15) is 17.6 Å². The van der Waals surface area contributed by atoms with E-state index in [-0.39, 0.29) is 12.1 Å². The van der Waals surface area contributed by atoms with Crippen LogP contribution in [0.25, 0.3) is 0 Å². The molecule has 110 valence electrons. The van der Waals surface area contributed by atoms with Crippen molar-refractivity contribution < 1.29 is 9.47 Å². The molecule has 4 heteroatoms. The molecule has 0 aliphatic carbocycles. The molecule has 0 spiro atoms. The van der Waals surface area contributed by atoms with Crippen LogP contribution in [0.4, 0.5) is 0 Å². The number of aryl methyl sites for hydroxylation is 1. The highest BCUT2D eigenvalue weighted by molar-refractivity contribution is 9.10. The van der Waals surface area contributed by atoms with Crippen molar-refractivity contribution in [2.24, 2.45) is 5.73 Å². The average Bonchev–Trinajstić information content (AvgIpc) is 2.48. The van der Waals surface area contributed by atoms with E-state index in [9.17, 15) is 0 Å². The first-order valence-electron chi connectivity index (χ1n) is 6.94. The fraction of sp³-hybridized carbons (Fsp3) is 0.294. The fourth-order valence-corrected chi connectivity index (χ4v) is 3.21. The van der Waals surface area contributed by atoms with Crippen LogP contribution in [0.5, 0.6) is 11.5 Å². The first kappa shape index (κ1) is 14.4. The summed E-state index contributed by atoms with van der Waals surface area (Å²) in [6.07, 6.45) is 0.682. The Kier molecular flexibility index (Phi) is 3.91. The average molecular weight is 348 g/mol. The van der Waals surface area contributed by atoms with Gasteiger partial charge in [-0.05, 0) is 31.2 Å². The molecule has 1 heterocycles. The number of halogens is 1. The Bertz CT molecular complexity index is 672. The van der Waals surface area contributed by atoms with Gasteiger partial charge in [0, 0.05) is 28.1 Å².